The van der Waals surface area contributed by atoms with Crippen LogP contribution < -0.4 is 5.32 Å². The Bertz CT molecular complexity index is 519. The van der Waals surface area contributed by atoms with E-state index < -0.39 is 0 Å². The number of thiazole rings is 1. The first kappa shape index (κ1) is 13.8. The number of halogens is 2. The van der Waals surface area contributed by atoms with Crippen molar-refractivity contribution in [2.45, 2.75) is 19.9 Å². The third-order valence-corrected chi connectivity index (χ3v) is 3.93. The summed E-state index contributed by atoms with van der Waals surface area (Å²) in [5.74, 6) is 0. The molecular formula is C13H14Cl2N2S. The summed E-state index contributed by atoms with van der Waals surface area (Å²) in [6.45, 7) is 5.12. The fraction of sp³-hybridized carbons (Fsp3) is 0.308. The lowest BCUT2D eigenvalue weighted by Gasteiger charge is -2.08. The van der Waals surface area contributed by atoms with Crippen molar-refractivity contribution in [1.29, 1.82) is 0 Å². The minimum Gasteiger partial charge on any atom is -0.309 e. The van der Waals surface area contributed by atoms with Crippen LogP contribution in [0.3, 0.4) is 0 Å². The van der Waals surface area contributed by atoms with Crippen molar-refractivity contribution >= 4 is 34.5 Å². The van der Waals surface area contributed by atoms with Crippen LogP contribution in [0.2, 0.25) is 10.0 Å². The van der Waals surface area contributed by atoms with E-state index in [0.717, 1.165) is 22.8 Å². The normalized spacial score (nSPS) is 12.7. The van der Waals surface area contributed by atoms with Crippen molar-refractivity contribution in [3.8, 4) is 10.6 Å². The number of benzene rings is 1. The number of hydrogen-bond acceptors (Lipinski definition) is 3. The van der Waals surface area contributed by atoms with Gasteiger partial charge in [-0.1, -0.05) is 30.1 Å². The summed E-state index contributed by atoms with van der Waals surface area (Å²) in [7, 11) is 0. The number of nitrogens with zero attached hydrogens (tertiary/aromatic N) is 1. The summed E-state index contributed by atoms with van der Waals surface area (Å²) in [6, 6.07) is 5.75. The van der Waals surface area contributed by atoms with E-state index in [4.69, 9.17) is 23.2 Å². The molecule has 0 saturated heterocycles. The second-order valence-corrected chi connectivity index (χ2v) is 5.75. The molecule has 18 heavy (non-hydrogen) atoms. The highest BCUT2D eigenvalue weighted by atomic mass is 35.5. The zero-order valence-corrected chi connectivity index (χ0v) is 12.5. The molecule has 1 N–H and O–H groups in total. The summed E-state index contributed by atoms with van der Waals surface area (Å²) in [5.41, 5.74) is 2.01. The first-order valence-corrected chi connectivity index (χ1v) is 7.39. The average Bonchev–Trinajstić information content (AvgIpc) is 2.77. The van der Waals surface area contributed by atoms with Crippen LogP contribution in [0.15, 0.2) is 23.6 Å². The second kappa shape index (κ2) is 6.02. The van der Waals surface area contributed by atoms with Gasteiger partial charge in [0.25, 0.3) is 0 Å². The number of aromatic nitrogens is 1. The zero-order chi connectivity index (χ0) is 13.1. The predicted octanol–water partition coefficient (Wildman–Crippen LogP) is 4.79. The highest BCUT2D eigenvalue weighted by Gasteiger charge is 2.11. The van der Waals surface area contributed by atoms with Crippen molar-refractivity contribution in [1.82, 2.24) is 10.3 Å². The van der Waals surface area contributed by atoms with Crippen LogP contribution in [-0.4, -0.2) is 11.5 Å². The van der Waals surface area contributed by atoms with E-state index in [1.165, 1.54) is 0 Å². The summed E-state index contributed by atoms with van der Waals surface area (Å²) in [5, 5.41) is 7.62. The van der Waals surface area contributed by atoms with Gasteiger partial charge in [-0.3, -0.25) is 0 Å². The van der Waals surface area contributed by atoms with Gasteiger partial charge in [-0.25, -0.2) is 4.98 Å². The summed E-state index contributed by atoms with van der Waals surface area (Å²) < 4.78 is 0. The molecule has 0 saturated carbocycles. The quantitative estimate of drug-likeness (QED) is 0.878. The molecule has 2 nitrogen and oxygen atoms in total. The van der Waals surface area contributed by atoms with E-state index in [-0.39, 0.29) is 6.04 Å². The molecule has 0 radical (unpaired) electrons. The van der Waals surface area contributed by atoms with Gasteiger partial charge in [0.15, 0.2) is 0 Å². The van der Waals surface area contributed by atoms with Gasteiger partial charge in [0.05, 0.1) is 5.69 Å². The van der Waals surface area contributed by atoms with Crippen LogP contribution >= 0.6 is 34.5 Å². The highest BCUT2D eigenvalue weighted by molar-refractivity contribution is 7.13. The average molecular weight is 301 g/mol. The van der Waals surface area contributed by atoms with E-state index in [1.807, 2.05) is 12.1 Å². The summed E-state index contributed by atoms with van der Waals surface area (Å²) in [6.07, 6.45) is 0. The van der Waals surface area contributed by atoms with Crippen molar-refractivity contribution in [2.75, 3.05) is 6.54 Å². The second-order valence-electron chi connectivity index (χ2n) is 4.02. The zero-order valence-electron chi connectivity index (χ0n) is 10.2. The molecule has 2 aromatic rings. The Morgan fingerprint density at radius 3 is 2.56 bits per heavy atom. The highest BCUT2D eigenvalue weighted by Crippen LogP contribution is 2.30. The van der Waals surface area contributed by atoms with E-state index in [0.29, 0.717) is 10.0 Å². The monoisotopic (exact) mass is 300 g/mol. The Morgan fingerprint density at radius 1 is 1.28 bits per heavy atom. The first-order valence-electron chi connectivity index (χ1n) is 5.75. The van der Waals surface area contributed by atoms with Gasteiger partial charge in [-0.2, -0.15) is 0 Å². The van der Waals surface area contributed by atoms with Gasteiger partial charge in [0.2, 0.25) is 0 Å². The molecular weight excluding hydrogens is 287 g/mol. The molecule has 2 rings (SSSR count). The van der Waals surface area contributed by atoms with Crippen LogP contribution in [0.1, 0.15) is 25.6 Å². The number of rotatable bonds is 4. The molecule has 0 aliphatic carbocycles. The Balaban J connectivity index is 2.29. The molecule has 0 fully saturated rings. The van der Waals surface area contributed by atoms with Gasteiger partial charge in [-0.05, 0) is 31.7 Å². The third kappa shape index (κ3) is 3.23. The minimum absolute atomic E-state index is 0.259. The van der Waals surface area contributed by atoms with Crippen molar-refractivity contribution in [2.24, 2.45) is 0 Å². The standard InChI is InChI=1S/C13H14Cl2N2S/c1-3-16-8(2)12-7-18-13(17-12)9-4-10(14)6-11(15)5-9/h4-8,16H,3H2,1-2H3. The Morgan fingerprint density at radius 2 is 1.94 bits per heavy atom. The maximum atomic E-state index is 6.00. The third-order valence-electron chi connectivity index (χ3n) is 2.59. The Hall–Kier alpha value is -0.610. The van der Waals surface area contributed by atoms with Crippen molar-refractivity contribution in [3.63, 3.8) is 0 Å². The molecule has 1 atom stereocenters. The van der Waals surface area contributed by atoms with E-state index in [1.54, 1.807) is 17.4 Å². The molecule has 1 aromatic heterocycles. The predicted molar refractivity (Wildman–Crippen MR) is 79.7 cm³/mol. The molecule has 0 aliphatic rings. The molecule has 1 heterocycles. The van der Waals surface area contributed by atoms with Crippen molar-refractivity contribution < 1.29 is 0 Å². The maximum Gasteiger partial charge on any atom is 0.123 e. The van der Waals surface area contributed by atoms with Crippen LogP contribution in [0.25, 0.3) is 10.6 Å². The number of hydrogen-bond donors (Lipinski definition) is 1. The van der Waals surface area contributed by atoms with E-state index >= 15 is 0 Å². The van der Waals surface area contributed by atoms with E-state index in [2.05, 4.69) is 29.5 Å². The number of nitrogens with one attached hydrogen (secondary N) is 1. The Kier molecular flexibility index (Phi) is 4.62. The topological polar surface area (TPSA) is 24.9 Å². The van der Waals surface area contributed by atoms with Gasteiger partial charge in [-0.15, -0.1) is 11.3 Å². The molecule has 0 spiro atoms. The maximum absolute atomic E-state index is 6.00. The molecule has 0 amide bonds. The Labute approximate surface area is 121 Å². The fourth-order valence-electron chi connectivity index (χ4n) is 1.71. The molecule has 0 bridgehead atoms. The smallest absolute Gasteiger partial charge is 0.123 e. The van der Waals surface area contributed by atoms with Crippen LogP contribution in [-0.2, 0) is 0 Å². The summed E-state index contributed by atoms with van der Waals surface area (Å²) >= 11 is 13.6. The van der Waals surface area contributed by atoms with Crippen LogP contribution in [0.4, 0.5) is 0 Å². The van der Waals surface area contributed by atoms with Crippen molar-refractivity contribution in [3.05, 3.63) is 39.3 Å². The molecule has 0 aliphatic heterocycles. The fourth-order valence-corrected chi connectivity index (χ4v) is 3.13. The van der Waals surface area contributed by atoms with E-state index in [9.17, 15) is 0 Å². The lowest BCUT2D eigenvalue weighted by atomic mass is 10.2. The summed E-state index contributed by atoms with van der Waals surface area (Å²) in [4.78, 5) is 4.62. The SMILES string of the molecule is CCNC(C)c1csc(-c2cc(Cl)cc(Cl)c2)n1. The molecule has 96 valence electrons. The van der Waals surface area contributed by atoms with Crippen LogP contribution in [0, 0.1) is 0 Å². The lowest BCUT2D eigenvalue weighted by molar-refractivity contribution is 0.587. The lowest BCUT2D eigenvalue weighted by Crippen LogP contribution is -2.17. The van der Waals surface area contributed by atoms with Gasteiger partial charge in [0.1, 0.15) is 5.01 Å². The van der Waals surface area contributed by atoms with Gasteiger partial charge < -0.3 is 5.32 Å². The molecule has 5 heteroatoms. The minimum atomic E-state index is 0.259. The molecule has 1 aromatic carbocycles. The van der Waals surface area contributed by atoms with Gasteiger partial charge in [0, 0.05) is 27.0 Å². The molecule has 1 unspecified atom stereocenters. The van der Waals surface area contributed by atoms with Gasteiger partial charge >= 0.3 is 0 Å². The van der Waals surface area contributed by atoms with Crippen LogP contribution in [0.5, 0.6) is 0 Å². The largest absolute Gasteiger partial charge is 0.309 e. The first-order chi connectivity index (χ1) is 8.60.